The minimum atomic E-state index is 0.406. The minimum Gasteiger partial charge on any atom is -0.378 e. The molecule has 1 aromatic heterocycles. The molecule has 1 saturated heterocycles. The molecule has 16 heavy (non-hydrogen) atoms. The van der Waals surface area contributed by atoms with Crippen LogP contribution in [-0.4, -0.2) is 35.1 Å². The fraction of sp³-hybridized carbons (Fsp3) is 0.636. The fourth-order valence-electron chi connectivity index (χ4n) is 1.64. The van der Waals surface area contributed by atoms with E-state index in [1.54, 1.807) is 0 Å². The van der Waals surface area contributed by atoms with Crippen LogP contribution >= 0.6 is 11.7 Å². The molecule has 1 fully saturated rings. The number of aromatic nitrogens is 2. The summed E-state index contributed by atoms with van der Waals surface area (Å²) in [6.07, 6.45) is 0. The van der Waals surface area contributed by atoms with Crippen LogP contribution in [-0.2, 0) is 4.74 Å². The molecule has 2 heterocycles. The predicted octanol–water partition coefficient (Wildman–Crippen LogP) is 2.04. The average molecular weight is 239 g/mol. The van der Waals surface area contributed by atoms with E-state index in [2.05, 4.69) is 34.1 Å². The molecule has 5 heteroatoms. The Morgan fingerprint density at radius 1 is 1.38 bits per heavy atom. The van der Waals surface area contributed by atoms with Gasteiger partial charge in [-0.25, -0.2) is 0 Å². The second kappa shape index (κ2) is 4.93. The number of ether oxygens (including phenoxy) is 1. The lowest BCUT2D eigenvalue weighted by molar-refractivity contribution is 0.122. The molecule has 4 nitrogen and oxygen atoms in total. The zero-order valence-electron chi connectivity index (χ0n) is 9.77. The van der Waals surface area contributed by atoms with E-state index in [4.69, 9.17) is 4.74 Å². The van der Waals surface area contributed by atoms with Gasteiger partial charge in [-0.05, 0) is 11.5 Å². The number of rotatable bonds is 3. The second-order valence-corrected chi connectivity index (χ2v) is 4.74. The van der Waals surface area contributed by atoms with Crippen molar-refractivity contribution in [2.75, 3.05) is 31.2 Å². The molecule has 2 rings (SSSR count). The summed E-state index contributed by atoms with van der Waals surface area (Å²) in [5.74, 6) is 1.38. The van der Waals surface area contributed by atoms with Crippen molar-refractivity contribution in [2.24, 2.45) is 5.92 Å². The van der Waals surface area contributed by atoms with Crippen LogP contribution in [0, 0.1) is 5.92 Å². The molecular weight excluding hydrogens is 222 g/mol. The van der Waals surface area contributed by atoms with Crippen LogP contribution in [0.2, 0.25) is 0 Å². The van der Waals surface area contributed by atoms with Gasteiger partial charge in [-0.15, -0.1) is 0 Å². The van der Waals surface area contributed by atoms with Gasteiger partial charge >= 0.3 is 0 Å². The van der Waals surface area contributed by atoms with E-state index >= 15 is 0 Å². The number of morpholine rings is 1. The van der Waals surface area contributed by atoms with Crippen molar-refractivity contribution in [2.45, 2.75) is 13.8 Å². The highest BCUT2D eigenvalue weighted by Gasteiger charge is 2.21. The number of hydrogen-bond donors (Lipinski definition) is 0. The Morgan fingerprint density at radius 2 is 2.06 bits per heavy atom. The summed E-state index contributed by atoms with van der Waals surface area (Å²) in [5.41, 5.74) is 2.03. The van der Waals surface area contributed by atoms with Crippen LogP contribution in [0.15, 0.2) is 6.58 Å². The van der Waals surface area contributed by atoms with Crippen molar-refractivity contribution >= 4 is 23.1 Å². The first-order chi connectivity index (χ1) is 7.70. The molecule has 1 aromatic rings. The molecule has 1 aliphatic heterocycles. The van der Waals surface area contributed by atoms with E-state index in [-0.39, 0.29) is 0 Å². The lowest BCUT2D eigenvalue weighted by Gasteiger charge is -2.27. The van der Waals surface area contributed by atoms with Gasteiger partial charge in [-0.3, -0.25) is 0 Å². The van der Waals surface area contributed by atoms with Gasteiger partial charge in [0.05, 0.1) is 24.9 Å². The zero-order chi connectivity index (χ0) is 11.5. The average Bonchev–Trinajstić information content (AvgIpc) is 2.77. The van der Waals surface area contributed by atoms with Crippen LogP contribution < -0.4 is 4.90 Å². The van der Waals surface area contributed by atoms with Gasteiger partial charge in [0.1, 0.15) is 5.69 Å². The first kappa shape index (κ1) is 11.5. The van der Waals surface area contributed by atoms with Crippen molar-refractivity contribution in [3.63, 3.8) is 0 Å². The highest BCUT2D eigenvalue weighted by atomic mass is 32.1. The summed E-state index contributed by atoms with van der Waals surface area (Å²) in [7, 11) is 0. The highest BCUT2D eigenvalue weighted by Crippen LogP contribution is 2.29. The third-order valence-electron chi connectivity index (χ3n) is 2.78. The van der Waals surface area contributed by atoms with Gasteiger partial charge in [0.2, 0.25) is 0 Å². The highest BCUT2D eigenvalue weighted by molar-refractivity contribution is 6.99. The van der Waals surface area contributed by atoms with Crippen LogP contribution in [0.25, 0.3) is 5.57 Å². The van der Waals surface area contributed by atoms with Crippen molar-refractivity contribution in [3.8, 4) is 0 Å². The molecule has 0 radical (unpaired) electrons. The van der Waals surface area contributed by atoms with E-state index in [9.17, 15) is 0 Å². The smallest absolute Gasteiger partial charge is 0.170 e. The fourth-order valence-corrected chi connectivity index (χ4v) is 2.24. The Labute approximate surface area is 100 Å². The van der Waals surface area contributed by atoms with Crippen molar-refractivity contribution < 1.29 is 4.74 Å². The SMILES string of the molecule is C=C(c1nsnc1N1CCOCC1)C(C)C. The van der Waals surface area contributed by atoms with Gasteiger partial charge in [0.25, 0.3) is 0 Å². The third-order valence-corrected chi connectivity index (χ3v) is 3.30. The molecular formula is C11H17N3OS. The molecule has 1 aliphatic rings. The lowest BCUT2D eigenvalue weighted by Crippen LogP contribution is -2.37. The zero-order valence-corrected chi connectivity index (χ0v) is 10.6. The predicted molar refractivity (Wildman–Crippen MR) is 66.8 cm³/mol. The Balaban J connectivity index is 2.21. The maximum Gasteiger partial charge on any atom is 0.170 e. The van der Waals surface area contributed by atoms with Crippen molar-refractivity contribution in [1.29, 1.82) is 0 Å². The second-order valence-electron chi connectivity index (χ2n) is 4.22. The first-order valence-electron chi connectivity index (χ1n) is 5.54. The van der Waals surface area contributed by atoms with Crippen molar-refractivity contribution in [3.05, 3.63) is 12.3 Å². The standard InChI is InChI=1S/C11H17N3OS/c1-8(2)9(3)10-11(13-16-12-10)14-4-6-15-7-5-14/h8H,3-7H2,1-2H3. The quantitative estimate of drug-likeness (QED) is 0.809. The normalized spacial score (nSPS) is 16.8. The van der Waals surface area contributed by atoms with E-state index < -0.39 is 0 Å². The molecule has 0 N–H and O–H groups in total. The van der Waals surface area contributed by atoms with E-state index in [0.29, 0.717) is 5.92 Å². The summed E-state index contributed by atoms with van der Waals surface area (Å²) in [6, 6.07) is 0. The van der Waals surface area contributed by atoms with E-state index in [1.165, 1.54) is 11.7 Å². The summed E-state index contributed by atoms with van der Waals surface area (Å²) >= 11 is 1.26. The van der Waals surface area contributed by atoms with Crippen LogP contribution in [0.5, 0.6) is 0 Å². The Hall–Kier alpha value is -0.940. The summed E-state index contributed by atoms with van der Waals surface area (Å²) in [4.78, 5) is 2.23. The molecule has 0 bridgehead atoms. The number of anilines is 1. The van der Waals surface area contributed by atoms with Crippen LogP contribution in [0.3, 0.4) is 0 Å². The molecule has 0 aromatic carbocycles. The molecule has 0 unspecified atom stereocenters. The molecule has 0 amide bonds. The Kier molecular flexibility index (Phi) is 3.56. The third kappa shape index (κ3) is 2.25. The summed E-state index contributed by atoms with van der Waals surface area (Å²) in [6.45, 7) is 11.7. The van der Waals surface area contributed by atoms with Crippen LogP contribution in [0.1, 0.15) is 19.5 Å². The molecule has 88 valence electrons. The van der Waals surface area contributed by atoms with E-state index in [0.717, 1.165) is 43.4 Å². The van der Waals surface area contributed by atoms with E-state index in [1.807, 2.05) is 0 Å². The largest absolute Gasteiger partial charge is 0.378 e. The maximum absolute atomic E-state index is 5.34. The van der Waals surface area contributed by atoms with Gasteiger partial charge in [0.15, 0.2) is 5.82 Å². The molecule has 0 atom stereocenters. The number of nitrogens with zero attached hydrogens (tertiary/aromatic N) is 3. The number of allylic oxidation sites excluding steroid dienone is 1. The Bertz CT molecular complexity index is 369. The van der Waals surface area contributed by atoms with Crippen LogP contribution in [0.4, 0.5) is 5.82 Å². The van der Waals surface area contributed by atoms with Crippen molar-refractivity contribution in [1.82, 2.24) is 8.75 Å². The lowest BCUT2D eigenvalue weighted by atomic mass is 10.0. The molecule has 0 aliphatic carbocycles. The first-order valence-corrected chi connectivity index (χ1v) is 6.27. The monoisotopic (exact) mass is 239 g/mol. The summed E-state index contributed by atoms with van der Waals surface area (Å²) < 4.78 is 14.1. The van der Waals surface area contributed by atoms with Gasteiger partial charge in [0, 0.05) is 13.1 Å². The maximum atomic E-state index is 5.34. The molecule has 0 spiro atoms. The Morgan fingerprint density at radius 3 is 2.69 bits per heavy atom. The van der Waals surface area contributed by atoms with Gasteiger partial charge in [-0.2, -0.15) is 8.75 Å². The topological polar surface area (TPSA) is 38.2 Å². The summed E-state index contributed by atoms with van der Waals surface area (Å²) in [5, 5.41) is 0. The number of hydrogen-bond acceptors (Lipinski definition) is 5. The molecule has 0 saturated carbocycles. The minimum absolute atomic E-state index is 0.406. The van der Waals surface area contributed by atoms with Gasteiger partial charge in [-0.1, -0.05) is 20.4 Å². The van der Waals surface area contributed by atoms with Gasteiger partial charge < -0.3 is 9.64 Å².